The lowest BCUT2D eigenvalue weighted by atomic mass is 10.1. The Morgan fingerprint density at radius 1 is 1.30 bits per heavy atom. The lowest BCUT2D eigenvalue weighted by Crippen LogP contribution is -2.43. The number of aliphatic hydroxyl groups excluding tert-OH is 1. The van der Waals surface area contributed by atoms with E-state index in [-0.39, 0.29) is 24.0 Å². The molecule has 5 nitrogen and oxygen atoms in total. The summed E-state index contributed by atoms with van der Waals surface area (Å²) in [6.45, 7) is 8.13. The first-order valence-electron chi connectivity index (χ1n) is 7.86. The fourth-order valence-corrected chi connectivity index (χ4v) is 2.78. The van der Waals surface area contributed by atoms with Gasteiger partial charge in [0.2, 0.25) is 0 Å². The molecule has 23 heavy (non-hydrogen) atoms. The molecular weight excluding hydrogens is 314 g/mol. The summed E-state index contributed by atoms with van der Waals surface area (Å²) in [5.74, 6) is 1.29. The zero-order chi connectivity index (χ0) is 17.5. The third-order valence-electron chi connectivity index (χ3n) is 3.31. The van der Waals surface area contributed by atoms with Crippen molar-refractivity contribution < 1.29 is 19.1 Å². The molecule has 0 unspecified atom stereocenters. The van der Waals surface area contributed by atoms with Crippen molar-refractivity contribution >= 4 is 11.4 Å². The topological polar surface area (TPSA) is 73.8 Å². The Labute approximate surface area is 142 Å². The van der Waals surface area contributed by atoms with Crippen molar-refractivity contribution in [3.05, 3.63) is 23.8 Å². The minimum atomic E-state index is -1.06. The largest absolute Gasteiger partial charge is 0.598 e. The predicted molar refractivity (Wildman–Crippen MR) is 94.4 cm³/mol. The van der Waals surface area contributed by atoms with E-state index in [9.17, 15) is 4.55 Å². The van der Waals surface area contributed by atoms with Crippen LogP contribution < -0.4 is 14.2 Å². The number of methoxy groups -OCH3 is 1. The zero-order valence-corrected chi connectivity index (χ0v) is 15.5. The van der Waals surface area contributed by atoms with E-state index in [1.54, 1.807) is 7.11 Å². The number of hydrogen-bond acceptors (Lipinski definition) is 5. The van der Waals surface area contributed by atoms with Crippen LogP contribution in [0.5, 0.6) is 11.5 Å². The highest BCUT2D eigenvalue weighted by Gasteiger charge is 2.27. The fraction of sp³-hybridized carbons (Fsp3) is 0.647. The Morgan fingerprint density at radius 3 is 2.57 bits per heavy atom. The van der Waals surface area contributed by atoms with Crippen molar-refractivity contribution in [2.75, 3.05) is 20.3 Å². The number of hydrogen-bond donors (Lipinski definition) is 2. The van der Waals surface area contributed by atoms with Gasteiger partial charge in [-0.1, -0.05) is 6.07 Å². The van der Waals surface area contributed by atoms with Gasteiger partial charge in [0.25, 0.3) is 0 Å². The summed E-state index contributed by atoms with van der Waals surface area (Å²) in [6.07, 6.45) is 1.73. The number of aliphatic hydroxyl groups is 1. The lowest BCUT2D eigenvalue weighted by molar-refractivity contribution is 0.196. The van der Waals surface area contributed by atoms with E-state index in [2.05, 4.69) is 4.72 Å². The minimum Gasteiger partial charge on any atom is -0.598 e. The molecule has 0 aliphatic rings. The summed E-state index contributed by atoms with van der Waals surface area (Å²) >= 11 is -1.06. The van der Waals surface area contributed by atoms with Gasteiger partial charge in [-0.25, -0.2) is 0 Å². The van der Waals surface area contributed by atoms with Gasteiger partial charge < -0.3 is 19.1 Å². The summed E-state index contributed by atoms with van der Waals surface area (Å²) in [5, 5.41) is 8.82. The second-order valence-electron chi connectivity index (χ2n) is 6.50. The first-order valence-corrected chi connectivity index (χ1v) is 9.01. The molecule has 0 heterocycles. The highest BCUT2D eigenvalue weighted by Crippen LogP contribution is 2.28. The summed E-state index contributed by atoms with van der Waals surface area (Å²) in [5.41, 5.74) is 1.13. The van der Waals surface area contributed by atoms with Crippen LogP contribution in [0, 0.1) is 0 Å². The van der Waals surface area contributed by atoms with Crippen LogP contribution in [0.1, 0.15) is 39.7 Å². The van der Waals surface area contributed by atoms with Gasteiger partial charge >= 0.3 is 0 Å². The Kier molecular flexibility index (Phi) is 8.19. The van der Waals surface area contributed by atoms with E-state index >= 15 is 0 Å². The number of benzene rings is 1. The molecule has 0 bridgehead atoms. The average molecular weight is 343 g/mol. The molecule has 1 aromatic rings. The molecule has 1 rings (SSSR count). The highest BCUT2D eigenvalue weighted by molar-refractivity contribution is 7.90. The first kappa shape index (κ1) is 20.1. The van der Waals surface area contributed by atoms with Crippen molar-refractivity contribution in [1.82, 2.24) is 4.72 Å². The quantitative estimate of drug-likeness (QED) is 0.674. The van der Waals surface area contributed by atoms with Crippen molar-refractivity contribution in [3.8, 4) is 11.5 Å². The molecule has 2 N–H and O–H groups in total. The molecule has 6 heteroatoms. The minimum absolute atomic E-state index is 0.0288. The Hall–Kier alpha value is -0.950. The van der Waals surface area contributed by atoms with Crippen LogP contribution in [0.2, 0.25) is 0 Å². The van der Waals surface area contributed by atoms with E-state index in [0.717, 1.165) is 18.4 Å². The summed E-state index contributed by atoms with van der Waals surface area (Å²) < 4.78 is 25.7. The molecule has 0 aromatic heterocycles. The molecule has 0 aliphatic carbocycles. The van der Waals surface area contributed by atoms with Crippen molar-refractivity contribution in [2.45, 2.75) is 51.3 Å². The van der Waals surface area contributed by atoms with Gasteiger partial charge in [-0.15, -0.1) is 4.72 Å². The van der Waals surface area contributed by atoms with Gasteiger partial charge in [-0.05, 0) is 58.2 Å². The second kappa shape index (κ2) is 9.37. The van der Waals surface area contributed by atoms with Gasteiger partial charge in [0.15, 0.2) is 11.5 Å². The van der Waals surface area contributed by atoms with Crippen LogP contribution in [0.25, 0.3) is 0 Å². The maximum atomic E-state index is 12.1. The van der Waals surface area contributed by atoms with Crippen LogP contribution in [0.4, 0.5) is 0 Å². The number of nitrogens with one attached hydrogen (secondary N) is 1. The molecule has 1 aromatic carbocycles. The molecular formula is C17H29NO4S. The monoisotopic (exact) mass is 343 g/mol. The van der Waals surface area contributed by atoms with Crippen molar-refractivity contribution in [2.24, 2.45) is 0 Å². The standard InChI is InChI=1S/C17H29NO4S/c1-13(18-23(20)17(2,3)4)6-7-14-8-9-15(22-11-10-19)16(12-14)21-5/h8-9,12-13,18-19H,6-7,10-11H2,1-5H3/t13-,23-/m1/s1. The second-order valence-corrected chi connectivity index (χ2v) is 8.49. The SMILES string of the molecule is COc1cc(CC[C@@H](C)N[S@+]([O-])C(C)(C)C)ccc1OCCO. The van der Waals surface area contributed by atoms with Crippen LogP contribution in [-0.4, -0.2) is 40.8 Å². The van der Waals surface area contributed by atoms with Gasteiger partial charge in [0.1, 0.15) is 11.4 Å². The Bertz CT molecular complexity index is 476. The van der Waals surface area contributed by atoms with E-state index in [4.69, 9.17) is 14.6 Å². The summed E-state index contributed by atoms with van der Waals surface area (Å²) in [7, 11) is 1.60. The zero-order valence-electron chi connectivity index (χ0n) is 14.7. The van der Waals surface area contributed by atoms with Crippen molar-refractivity contribution in [1.29, 1.82) is 0 Å². The molecule has 132 valence electrons. The molecule has 0 amide bonds. The molecule has 0 aliphatic heterocycles. The third kappa shape index (κ3) is 6.99. The van der Waals surface area contributed by atoms with Crippen LogP contribution >= 0.6 is 0 Å². The van der Waals surface area contributed by atoms with Gasteiger partial charge in [0.05, 0.1) is 19.8 Å². The average Bonchev–Trinajstić information content (AvgIpc) is 2.50. The summed E-state index contributed by atoms with van der Waals surface area (Å²) in [6, 6.07) is 5.95. The number of ether oxygens (including phenoxy) is 2. The highest BCUT2D eigenvalue weighted by atomic mass is 32.2. The predicted octanol–water partition coefficient (Wildman–Crippen LogP) is 2.44. The van der Waals surface area contributed by atoms with Crippen LogP contribution in [0.15, 0.2) is 18.2 Å². The fourth-order valence-electron chi connectivity index (χ4n) is 1.94. The van der Waals surface area contributed by atoms with E-state index in [1.807, 2.05) is 45.9 Å². The third-order valence-corrected chi connectivity index (χ3v) is 5.04. The van der Waals surface area contributed by atoms with Crippen LogP contribution in [0.3, 0.4) is 0 Å². The maximum Gasteiger partial charge on any atom is 0.161 e. The smallest absolute Gasteiger partial charge is 0.161 e. The van der Waals surface area contributed by atoms with E-state index < -0.39 is 11.4 Å². The lowest BCUT2D eigenvalue weighted by Gasteiger charge is -2.26. The number of aryl methyl sites for hydroxylation is 1. The van der Waals surface area contributed by atoms with E-state index in [1.165, 1.54) is 0 Å². The molecule has 0 saturated heterocycles. The molecule has 2 atom stereocenters. The summed E-state index contributed by atoms with van der Waals surface area (Å²) in [4.78, 5) is 0. The van der Waals surface area contributed by atoms with Gasteiger partial charge in [-0.2, -0.15) is 0 Å². The molecule has 0 fully saturated rings. The normalized spacial score (nSPS) is 14.4. The Balaban J connectivity index is 2.57. The van der Waals surface area contributed by atoms with Crippen LogP contribution in [-0.2, 0) is 17.8 Å². The molecule has 0 saturated carbocycles. The van der Waals surface area contributed by atoms with Crippen molar-refractivity contribution in [3.63, 3.8) is 0 Å². The molecule has 0 spiro atoms. The molecule has 0 radical (unpaired) electrons. The van der Waals surface area contributed by atoms with Gasteiger partial charge in [0, 0.05) is 11.4 Å². The first-order chi connectivity index (χ1) is 10.8. The van der Waals surface area contributed by atoms with E-state index in [0.29, 0.717) is 11.5 Å². The maximum absolute atomic E-state index is 12.1. The number of rotatable bonds is 9. The Morgan fingerprint density at radius 2 is 2.00 bits per heavy atom. The van der Waals surface area contributed by atoms with Gasteiger partial charge in [-0.3, -0.25) is 0 Å².